The molecule has 0 aliphatic carbocycles. The molecule has 3 aromatic heterocycles. The van der Waals surface area contributed by atoms with Gasteiger partial charge in [0.05, 0.1) is 16.4 Å². The van der Waals surface area contributed by atoms with Gasteiger partial charge in [-0.1, -0.05) is 38.4 Å². The molecule has 0 atom stereocenters. The Hall–Kier alpha value is -3.04. The summed E-state index contributed by atoms with van der Waals surface area (Å²) in [7, 11) is 0. The molecule has 0 spiro atoms. The largest absolute Gasteiger partial charge is 0.470 e. The third-order valence-corrected chi connectivity index (χ3v) is 6.00. The topological polar surface area (TPSA) is 95.9 Å². The molecule has 176 valence electrons. The minimum absolute atomic E-state index is 0.117. The highest BCUT2D eigenvalue weighted by Gasteiger charge is 2.20. The van der Waals surface area contributed by atoms with E-state index in [-0.39, 0.29) is 27.9 Å². The first kappa shape index (κ1) is 24.1. The molecular formula is C24H23BrClN5O3. The fraction of sp³-hybridized carbons (Fsp3) is 0.292. The van der Waals surface area contributed by atoms with Gasteiger partial charge in [0.25, 0.3) is 5.56 Å². The fourth-order valence-corrected chi connectivity index (χ4v) is 3.89. The zero-order valence-corrected chi connectivity index (χ0v) is 21.7. The molecule has 0 fully saturated rings. The first-order valence-corrected chi connectivity index (χ1v) is 11.7. The number of halogens is 2. The number of benzene rings is 1. The van der Waals surface area contributed by atoms with E-state index in [9.17, 15) is 4.79 Å². The van der Waals surface area contributed by atoms with Crippen LogP contribution in [0.4, 0.5) is 0 Å². The Morgan fingerprint density at radius 3 is 2.59 bits per heavy atom. The van der Waals surface area contributed by atoms with Crippen molar-refractivity contribution in [1.29, 1.82) is 0 Å². The molecule has 0 aliphatic heterocycles. The summed E-state index contributed by atoms with van der Waals surface area (Å²) in [6.45, 7) is 9.74. The molecule has 0 aliphatic rings. The minimum atomic E-state index is -0.351. The SMILES string of the molecule is Cc1nc(COc2nc(C)n(-c3cc(-c4ccnc(C(C)(C)C)n4)ccc3Cl)c(=O)c2Br)co1. The second kappa shape index (κ2) is 9.31. The molecule has 8 nitrogen and oxygen atoms in total. The lowest BCUT2D eigenvalue weighted by atomic mass is 9.95. The molecule has 10 heteroatoms. The Kier molecular flexibility index (Phi) is 6.60. The Labute approximate surface area is 210 Å². The van der Waals surface area contributed by atoms with Gasteiger partial charge in [-0.2, -0.15) is 4.98 Å². The van der Waals surface area contributed by atoms with E-state index in [1.807, 2.05) is 18.2 Å². The molecule has 3 heterocycles. The van der Waals surface area contributed by atoms with Crippen LogP contribution in [0, 0.1) is 13.8 Å². The van der Waals surface area contributed by atoms with Gasteiger partial charge in [-0.15, -0.1) is 0 Å². The maximum Gasteiger partial charge on any atom is 0.276 e. The lowest BCUT2D eigenvalue weighted by molar-refractivity contribution is 0.284. The average Bonchev–Trinajstić information content (AvgIpc) is 3.21. The molecule has 0 amide bonds. The van der Waals surface area contributed by atoms with Gasteiger partial charge < -0.3 is 9.15 Å². The summed E-state index contributed by atoms with van der Waals surface area (Å²) < 4.78 is 12.5. The average molecular weight is 545 g/mol. The maximum absolute atomic E-state index is 13.3. The number of aryl methyl sites for hydroxylation is 2. The van der Waals surface area contributed by atoms with E-state index in [2.05, 4.69) is 51.7 Å². The van der Waals surface area contributed by atoms with E-state index < -0.39 is 0 Å². The summed E-state index contributed by atoms with van der Waals surface area (Å²) in [5, 5.41) is 0.402. The number of aromatic nitrogens is 5. The number of hydrogen-bond acceptors (Lipinski definition) is 7. The van der Waals surface area contributed by atoms with E-state index in [4.69, 9.17) is 25.7 Å². The van der Waals surface area contributed by atoms with Crippen molar-refractivity contribution in [2.75, 3.05) is 0 Å². The third kappa shape index (κ3) is 4.90. The molecule has 1 aromatic carbocycles. The zero-order chi connectivity index (χ0) is 24.6. The molecule has 0 bridgehead atoms. The van der Waals surface area contributed by atoms with Crippen LogP contribution in [-0.4, -0.2) is 24.5 Å². The number of ether oxygens (including phenoxy) is 1. The first-order valence-electron chi connectivity index (χ1n) is 10.5. The monoisotopic (exact) mass is 543 g/mol. The van der Waals surface area contributed by atoms with Gasteiger partial charge >= 0.3 is 0 Å². The zero-order valence-electron chi connectivity index (χ0n) is 19.4. The van der Waals surface area contributed by atoms with Gasteiger partial charge in [0, 0.05) is 24.1 Å². The van der Waals surface area contributed by atoms with Crippen LogP contribution in [0.1, 0.15) is 44.0 Å². The Morgan fingerprint density at radius 2 is 1.91 bits per heavy atom. The number of oxazole rings is 1. The van der Waals surface area contributed by atoms with Gasteiger partial charge in [-0.05, 0) is 41.1 Å². The molecule has 0 radical (unpaired) electrons. The summed E-state index contributed by atoms with van der Waals surface area (Å²) in [5.74, 6) is 1.84. The maximum atomic E-state index is 13.3. The third-order valence-electron chi connectivity index (χ3n) is 5.00. The normalized spacial score (nSPS) is 11.6. The summed E-state index contributed by atoms with van der Waals surface area (Å²) in [6, 6.07) is 7.25. The van der Waals surface area contributed by atoms with Crippen molar-refractivity contribution in [2.45, 2.75) is 46.6 Å². The van der Waals surface area contributed by atoms with Crippen LogP contribution in [0.3, 0.4) is 0 Å². The van der Waals surface area contributed by atoms with Crippen LogP contribution >= 0.6 is 27.5 Å². The molecule has 0 saturated heterocycles. The lowest BCUT2D eigenvalue weighted by Crippen LogP contribution is -2.24. The molecule has 34 heavy (non-hydrogen) atoms. The predicted molar refractivity (Wildman–Crippen MR) is 133 cm³/mol. The standard InChI is InChI=1S/C24H23BrClN5O3/c1-13-28-21(34-12-16-11-33-14(2)29-16)20(25)22(32)31(13)19-10-15(6-7-17(19)26)18-8-9-27-23(30-18)24(3,4)5/h6-11H,12H2,1-5H3. The van der Waals surface area contributed by atoms with Crippen molar-refractivity contribution < 1.29 is 9.15 Å². The lowest BCUT2D eigenvalue weighted by Gasteiger charge is -2.18. The van der Waals surface area contributed by atoms with Crippen molar-refractivity contribution in [2.24, 2.45) is 0 Å². The van der Waals surface area contributed by atoms with E-state index >= 15 is 0 Å². The molecule has 4 aromatic rings. The summed E-state index contributed by atoms with van der Waals surface area (Å²) >= 11 is 9.85. The van der Waals surface area contributed by atoms with Crippen LogP contribution in [0.15, 0.2) is 50.4 Å². The van der Waals surface area contributed by atoms with E-state index in [0.717, 1.165) is 17.1 Å². The predicted octanol–water partition coefficient (Wildman–Crippen LogP) is 5.59. The molecular weight excluding hydrogens is 522 g/mol. The van der Waals surface area contributed by atoms with Crippen LogP contribution in [0.25, 0.3) is 16.9 Å². The molecule has 0 saturated carbocycles. The van der Waals surface area contributed by atoms with Crippen molar-refractivity contribution in [3.63, 3.8) is 0 Å². The molecule has 0 unspecified atom stereocenters. The van der Waals surface area contributed by atoms with Gasteiger partial charge in [-0.3, -0.25) is 9.36 Å². The van der Waals surface area contributed by atoms with E-state index in [1.165, 1.54) is 10.8 Å². The van der Waals surface area contributed by atoms with Gasteiger partial charge in [0.1, 0.15) is 34.7 Å². The van der Waals surface area contributed by atoms with Crippen molar-refractivity contribution in [3.05, 3.63) is 79.8 Å². The quantitative estimate of drug-likeness (QED) is 0.323. The fourth-order valence-electron chi connectivity index (χ4n) is 3.30. The van der Waals surface area contributed by atoms with Crippen molar-refractivity contribution in [1.82, 2.24) is 24.5 Å². The summed E-state index contributed by atoms with van der Waals surface area (Å²) in [5.41, 5.74) is 2.08. The molecule has 0 N–H and O–H groups in total. The second-order valence-electron chi connectivity index (χ2n) is 8.75. The van der Waals surface area contributed by atoms with E-state index in [1.54, 1.807) is 26.1 Å². The van der Waals surface area contributed by atoms with Gasteiger partial charge in [0.2, 0.25) is 5.88 Å². The van der Waals surface area contributed by atoms with Crippen molar-refractivity contribution >= 4 is 27.5 Å². The van der Waals surface area contributed by atoms with Crippen LogP contribution in [0.2, 0.25) is 5.02 Å². The highest BCUT2D eigenvalue weighted by Crippen LogP contribution is 2.29. The Balaban J connectivity index is 1.73. The smallest absolute Gasteiger partial charge is 0.276 e. The molecule has 4 rings (SSSR count). The first-order chi connectivity index (χ1) is 16.0. The van der Waals surface area contributed by atoms with Crippen LogP contribution < -0.4 is 10.3 Å². The number of hydrogen-bond donors (Lipinski definition) is 0. The van der Waals surface area contributed by atoms with E-state index in [0.29, 0.717) is 28.1 Å². The highest BCUT2D eigenvalue weighted by molar-refractivity contribution is 9.10. The minimum Gasteiger partial charge on any atom is -0.470 e. The second-order valence-corrected chi connectivity index (χ2v) is 9.95. The van der Waals surface area contributed by atoms with Gasteiger partial charge in [0.15, 0.2) is 5.89 Å². The Bertz CT molecular complexity index is 1430. The highest BCUT2D eigenvalue weighted by atomic mass is 79.9. The number of nitrogens with zero attached hydrogens (tertiary/aromatic N) is 5. The van der Waals surface area contributed by atoms with Gasteiger partial charge in [-0.25, -0.2) is 15.0 Å². The summed E-state index contributed by atoms with van der Waals surface area (Å²) in [6.07, 6.45) is 3.23. The van der Waals surface area contributed by atoms with Crippen LogP contribution in [-0.2, 0) is 12.0 Å². The summed E-state index contributed by atoms with van der Waals surface area (Å²) in [4.78, 5) is 31.1. The van der Waals surface area contributed by atoms with Crippen LogP contribution in [0.5, 0.6) is 5.88 Å². The van der Waals surface area contributed by atoms with Crippen molar-refractivity contribution in [3.8, 4) is 22.8 Å². The number of rotatable bonds is 5. The Morgan fingerprint density at radius 1 is 1.15 bits per heavy atom.